The minimum atomic E-state index is -4.05. The highest BCUT2D eigenvalue weighted by Gasteiger charge is 2.18. The molecule has 0 bridgehead atoms. The molecule has 0 aliphatic carbocycles. The van der Waals surface area contributed by atoms with Crippen LogP contribution < -0.4 is 29.6 Å². The van der Waals surface area contributed by atoms with Gasteiger partial charge < -0.3 is 29.6 Å². The largest absolute Gasteiger partial charge is 0.379 e. The summed E-state index contributed by atoms with van der Waals surface area (Å²) in [6, 6.07) is 37.8. The second-order valence-electron chi connectivity index (χ2n) is 12.1. The molecule has 4 N–H and O–H groups in total. The molecule has 6 rings (SSSR count). The zero-order valence-electron chi connectivity index (χ0n) is 28.9. The van der Waals surface area contributed by atoms with Crippen molar-refractivity contribution in [3.8, 4) is 22.6 Å². The van der Waals surface area contributed by atoms with E-state index in [2.05, 4.69) is 21.3 Å². The Kier molecular flexibility index (Phi) is 11.0. The van der Waals surface area contributed by atoms with Gasteiger partial charge in [-0.3, -0.25) is 0 Å². The number of benzene rings is 6. The molecule has 4 amide bonds. The van der Waals surface area contributed by atoms with Gasteiger partial charge in [0.1, 0.15) is 21.3 Å². The molecule has 0 saturated heterocycles. The van der Waals surface area contributed by atoms with E-state index < -0.39 is 32.3 Å². The first-order valence-electron chi connectivity index (χ1n) is 16.4. The van der Waals surface area contributed by atoms with Crippen LogP contribution in [0.4, 0.5) is 32.3 Å². The van der Waals surface area contributed by atoms with Crippen LogP contribution in [0.15, 0.2) is 155 Å². The highest BCUT2D eigenvalue weighted by atomic mass is 32.2. The van der Waals surface area contributed by atoms with E-state index in [1.807, 2.05) is 38.1 Å². The van der Waals surface area contributed by atoms with Crippen LogP contribution in [0.5, 0.6) is 11.5 Å². The number of anilines is 4. The predicted molar refractivity (Wildman–Crippen MR) is 208 cm³/mol. The van der Waals surface area contributed by atoms with E-state index in [4.69, 9.17) is 8.37 Å². The highest BCUT2D eigenvalue weighted by Crippen LogP contribution is 2.26. The molecule has 6 aromatic carbocycles. The van der Waals surface area contributed by atoms with Crippen LogP contribution in [0.3, 0.4) is 0 Å². The molecule has 0 aliphatic rings. The Morgan fingerprint density at radius 2 is 0.759 bits per heavy atom. The van der Waals surface area contributed by atoms with Gasteiger partial charge in [-0.15, -0.1) is 0 Å². The quantitative estimate of drug-likeness (QED) is 0.0950. The van der Waals surface area contributed by atoms with Crippen molar-refractivity contribution in [3.05, 3.63) is 157 Å². The normalized spacial score (nSPS) is 11.2. The number of carbonyl (C=O) groups is 2. The van der Waals surface area contributed by atoms with Crippen LogP contribution in [0.25, 0.3) is 11.1 Å². The Hall–Kier alpha value is -6.64. The minimum absolute atomic E-state index is 0.0192. The van der Waals surface area contributed by atoms with Gasteiger partial charge in [0.2, 0.25) is 0 Å². The zero-order chi connectivity index (χ0) is 38.3. The van der Waals surface area contributed by atoms with Crippen LogP contribution in [-0.4, -0.2) is 28.9 Å². The number of urea groups is 2. The highest BCUT2D eigenvalue weighted by molar-refractivity contribution is 7.87. The molecule has 0 unspecified atom stereocenters. The van der Waals surface area contributed by atoms with Crippen molar-refractivity contribution >= 4 is 55.0 Å². The molecule has 0 spiro atoms. The number of amides is 4. The molecular weight excluding hydrogens is 729 g/mol. The molecule has 54 heavy (non-hydrogen) atoms. The van der Waals surface area contributed by atoms with Crippen LogP contribution in [0.1, 0.15) is 11.1 Å². The first-order chi connectivity index (χ1) is 25.8. The molecule has 6 aromatic rings. The van der Waals surface area contributed by atoms with E-state index in [1.165, 1.54) is 48.5 Å². The molecule has 0 fully saturated rings. The number of aryl methyl sites for hydroxylation is 2. The van der Waals surface area contributed by atoms with Gasteiger partial charge in [-0.05, 0) is 97.8 Å². The van der Waals surface area contributed by atoms with E-state index >= 15 is 0 Å². The fraction of sp³-hybridized carbons (Fsp3) is 0.0500. The van der Waals surface area contributed by atoms with Crippen molar-refractivity contribution < 1.29 is 34.8 Å². The maximum atomic E-state index is 12.7. The molecule has 0 saturated carbocycles. The fourth-order valence-corrected chi connectivity index (χ4v) is 6.94. The summed E-state index contributed by atoms with van der Waals surface area (Å²) in [5.41, 5.74) is 5.23. The predicted octanol–water partition coefficient (Wildman–Crippen LogP) is 8.79. The average Bonchev–Trinajstić information content (AvgIpc) is 3.12. The monoisotopic (exact) mass is 762 g/mol. The van der Waals surface area contributed by atoms with Gasteiger partial charge in [-0.2, -0.15) is 16.8 Å². The molecular formula is C40H34N4O8S2. The Morgan fingerprint density at radius 3 is 1.11 bits per heavy atom. The first kappa shape index (κ1) is 37.1. The summed E-state index contributed by atoms with van der Waals surface area (Å²) < 4.78 is 61.2. The Labute approximate surface area is 313 Å². The van der Waals surface area contributed by atoms with E-state index in [-0.39, 0.29) is 21.3 Å². The number of rotatable bonds is 11. The lowest BCUT2D eigenvalue weighted by Gasteiger charge is -2.12. The van der Waals surface area contributed by atoms with Crippen LogP contribution in [0, 0.1) is 13.8 Å². The van der Waals surface area contributed by atoms with Gasteiger partial charge in [-0.1, -0.05) is 71.8 Å². The third-order valence-corrected chi connectivity index (χ3v) is 10.4. The Bertz CT molecular complexity index is 2330. The SMILES string of the molecule is Cc1ccc(S(=O)(=O)Oc2cccc(NC(=O)Nc3ccc(-c4ccc(NC(=O)Nc5cccc(OS(=O)(=O)c6ccc(C)cc6)c5)cc4)cc3)c2)cc1. The van der Waals surface area contributed by atoms with E-state index in [1.54, 1.807) is 72.8 Å². The molecule has 0 aliphatic heterocycles. The summed E-state index contributed by atoms with van der Waals surface area (Å²) in [6.45, 7) is 3.70. The number of hydrogen-bond acceptors (Lipinski definition) is 8. The molecule has 0 aromatic heterocycles. The van der Waals surface area contributed by atoms with Gasteiger partial charge in [0.25, 0.3) is 0 Å². The molecule has 0 atom stereocenters. The van der Waals surface area contributed by atoms with Crippen molar-refractivity contribution in [3.63, 3.8) is 0 Å². The minimum Gasteiger partial charge on any atom is -0.379 e. The third-order valence-electron chi connectivity index (χ3n) is 7.83. The van der Waals surface area contributed by atoms with E-state index in [0.717, 1.165) is 22.3 Å². The standard InChI is InChI=1S/C40H34N4O8S2/c1-27-9-21-37(22-10-27)53(47,48)51-35-7-3-5-33(25-35)43-39(45)41-31-17-13-29(14-18-31)30-15-19-32(20-16-30)42-40(46)44-34-6-4-8-36(26-34)52-54(49,50)38-23-11-28(2)12-24-38/h3-26H,1-2H3,(H2,41,43,45)(H2,42,44,46). The van der Waals surface area contributed by atoms with Gasteiger partial charge in [0, 0.05) is 34.9 Å². The van der Waals surface area contributed by atoms with Crippen molar-refractivity contribution in [2.75, 3.05) is 21.3 Å². The number of carbonyl (C=O) groups excluding carboxylic acids is 2. The molecule has 14 heteroatoms. The van der Waals surface area contributed by atoms with Crippen LogP contribution in [-0.2, 0) is 20.2 Å². The summed E-state index contributed by atoms with van der Waals surface area (Å²) in [7, 11) is -8.11. The van der Waals surface area contributed by atoms with Gasteiger partial charge in [0.15, 0.2) is 0 Å². The number of nitrogens with one attached hydrogen (secondary N) is 4. The zero-order valence-corrected chi connectivity index (χ0v) is 30.6. The van der Waals surface area contributed by atoms with Gasteiger partial charge in [0.05, 0.1) is 0 Å². The van der Waals surface area contributed by atoms with E-state index in [0.29, 0.717) is 22.7 Å². The topological polar surface area (TPSA) is 169 Å². The second kappa shape index (κ2) is 15.9. The summed E-state index contributed by atoms with van der Waals surface area (Å²) in [6.07, 6.45) is 0. The molecule has 0 heterocycles. The molecule has 12 nitrogen and oxygen atoms in total. The van der Waals surface area contributed by atoms with Crippen LogP contribution in [0.2, 0.25) is 0 Å². The molecule has 0 radical (unpaired) electrons. The van der Waals surface area contributed by atoms with Gasteiger partial charge >= 0.3 is 32.3 Å². The van der Waals surface area contributed by atoms with Crippen LogP contribution >= 0.6 is 0 Å². The number of hydrogen-bond donors (Lipinski definition) is 4. The van der Waals surface area contributed by atoms with Crippen molar-refractivity contribution in [2.45, 2.75) is 23.6 Å². The second-order valence-corrected chi connectivity index (χ2v) is 15.2. The van der Waals surface area contributed by atoms with Crippen molar-refractivity contribution in [2.24, 2.45) is 0 Å². The summed E-state index contributed by atoms with van der Waals surface area (Å²) in [5, 5.41) is 10.8. The lowest BCUT2D eigenvalue weighted by atomic mass is 10.1. The summed E-state index contributed by atoms with van der Waals surface area (Å²) in [5.74, 6) is 0.0911. The maximum Gasteiger partial charge on any atom is 0.339 e. The summed E-state index contributed by atoms with van der Waals surface area (Å²) >= 11 is 0. The molecule has 274 valence electrons. The fourth-order valence-electron chi connectivity index (χ4n) is 5.09. The maximum absolute atomic E-state index is 12.7. The summed E-state index contributed by atoms with van der Waals surface area (Å²) in [4.78, 5) is 25.5. The first-order valence-corrected chi connectivity index (χ1v) is 19.2. The average molecular weight is 763 g/mol. The smallest absolute Gasteiger partial charge is 0.339 e. The Balaban J connectivity index is 0.997. The van der Waals surface area contributed by atoms with Crippen molar-refractivity contribution in [1.82, 2.24) is 0 Å². The Morgan fingerprint density at radius 1 is 0.426 bits per heavy atom. The van der Waals surface area contributed by atoms with Crippen molar-refractivity contribution in [1.29, 1.82) is 0 Å². The lowest BCUT2D eigenvalue weighted by molar-refractivity contribution is 0.261. The van der Waals surface area contributed by atoms with Gasteiger partial charge in [-0.25, -0.2) is 9.59 Å². The van der Waals surface area contributed by atoms with E-state index in [9.17, 15) is 26.4 Å². The third kappa shape index (κ3) is 9.82. The lowest BCUT2D eigenvalue weighted by Crippen LogP contribution is -2.19.